The fourth-order valence-corrected chi connectivity index (χ4v) is 4.75. The van der Waals surface area contributed by atoms with Crippen LogP contribution in [0.4, 0.5) is 0 Å². The van der Waals surface area contributed by atoms with Gasteiger partial charge in [0.25, 0.3) is 0 Å². The van der Waals surface area contributed by atoms with Crippen molar-refractivity contribution in [3.05, 3.63) is 83.4 Å². The van der Waals surface area contributed by atoms with Gasteiger partial charge in [-0.2, -0.15) is 0 Å². The van der Waals surface area contributed by atoms with Crippen LogP contribution in [-0.4, -0.2) is 85.1 Å². The van der Waals surface area contributed by atoms with Gasteiger partial charge in [0.15, 0.2) is 11.5 Å². The first-order chi connectivity index (χ1) is 20.1. The van der Waals surface area contributed by atoms with Crippen molar-refractivity contribution in [1.29, 1.82) is 0 Å². The average molecular weight is 583 g/mol. The number of aliphatic hydroxyl groups is 4. The minimum Gasteiger partial charge on any atom is -0.507 e. The van der Waals surface area contributed by atoms with Crippen LogP contribution in [-0.2, 0) is 20.7 Å². The number of fused-ring (bicyclic) bond motifs is 1. The second kappa shape index (κ2) is 12.3. The van der Waals surface area contributed by atoms with Crippen molar-refractivity contribution in [1.82, 2.24) is 0 Å². The van der Waals surface area contributed by atoms with E-state index >= 15 is 0 Å². The number of carbonyl (C=O) groups is 1. The van der Waals surface area contributed by atoms with Gasteiger partial charge in [0.2, 0.25) is 6.29 Å². The van der Waals surface area contributed by atoms with Crippen LogP contribution in [0.1, 0.15) is 22.8 Å². The number of aliphatic hydroxyl groups excluding tert-OH is 4. The molecule has 42 heavy (non-hydrogen) atoms. The first-order valence-corrected chi connectivity index (χ1v) is 13.1. The highest BCUT2D eigenvalue weighted by Crippen LogP contribution is 2.43. The summed E-state index contributed by atoms with van der Waals surface area (Å²) >= 11 is 0. The molecular formula is C30H30O12. The predicted molar refractivity (Wildman–Crippen MR) is 145 cm³/mol. The molecule has 3 aromatic carbocycles. The van der Waals surface area contributed by atoms with Crippen LogP contribution in [0.15, 0.2) is 66.7 Å². The third kappa shape index (κ3) is 6.27. The van der Waals surface area contributed by atoms with Crippen LogP contribution in [0.2, 0.25) is 0 Å². The molecule has 1 fully saturated rings. The van der Waals surface area contributed by atoms with Gasteiger partial charge >= 0.3 is 5.97 Å². The van der Waals surface area contributed by atoms with E-state index in [1.54, 1.807) is 18.2 Å². The smallest absolute Gasteiger partial charge is 0.330 e. The van der Waals surface area contributed by atoms with Crippen LogP contribution in [0, 0.1) is 0 Å². The van der Waals surface area contributed by atoms with E-state index in [9.17, 15) is 40.5 Å². The third-order valence-corrected chi connectivity index (χ3v) is 7.03. The van der Waals surface area contributed by atoms with E-state index in [-0.39, 0.29) is 35.0 Å². The second-order valence-electron chi connectivity index (χ2n) is 9.98. The molecule has 222 valence electrons. The number of esters is 1. The van der Waals surface area contributed by atoms with Gasteiger partial charge in [0, 0.05) is 30.2 Å². The minimum absolute atomic E-state index is 0.00658. The maximum absolute atomic E-state index is 12.2. The molecule has 2 aliphatic heterocycles. The van der Waals surface area contributed by atoms with Crippen molar-refractivity contribution in [2.24, 2.45) is 0 Å². The lowest BCUT2D eigenvalue weighted by atomic mass is 9.94. The summed E-state index contributed by atoms with van der Waals surface area (Å²) in [4.78, 5) is 12.2. The number of carbonyl (C=O) groups excluding carboxylic acids is 1. The summed E-state index contributed by atoms with van der Waals surface area (Å²) in [5.74, 6) is -1.64. The molecule has 12 nitrogen and oxygen atoms in total. The van der Waals surface area contributed by atoms with Crippen molar-refractivity contribution >= 4 is 12.0 Å². The lowest BCUT2D eigenvalue weighted by molar-refractivity contribution is -0.278. The monoisotopic (exact) mass is 582 g/mol. The summed E-state index contributed by atoms with van der Waals surface area (Å²) in [6.07, 6.45) is -7.13. The van der Waals surface area contributed by atoms with E-state index in [1.165, 1.54) is 36.4 Å². The fraction of sp³-hybridized carbons (Fsp3) is 0.300. The van der Waals surface area contributed by atoms with Gasteiger partial charge in [-0.05, 0) is 29.3 Å². The normalized spacial score (nSPS) is 27.2. The summed E-state index contributed by atoms with van der Waals surface area (Å²) in [6.45, 7) is -0.458. The maximum Gasteiger partial charge on any atom is 0.330 e. The summed E-state index contributed by atoms with van der Waals surface area (Å²) in [7, 11) is 0. The molecule has 12 heteroatoms. The molecule has 0 unspecified atom stereocenters. The third-order valence-electron chi connectivity index (χ3n) is 7.03. The fourth-order valence-electron chi connectivity index (χ4n) is 4.75. The zero-order valence-electron chi connectivity index (χ0n) is 22.1. The van der Waals surface area contributed by atoms with Gasteiger partial charge < -0.3 is 54.7 Å². The summed E-state index contributed by atoms with van der Waals surface area (Å²) in [5, 5.41) is 72.0. The van der Waals surface area contributed by atoms with Crippen LogP contribution in [0.25, 0.3) is 6.08 Å². The zero-order chi connectivity index (χ0) is 30.0. The maximum atomic E-state index is 12.2. The molecule has 0 aromatic heterocycles. The number of aromatic hydroxyl groups is 3. The van der Waals surface area contributed by atoms with Crippen molar-refractivity contribution < 1.29 is 59.5 Å². The van der Waals surface area contributed by atoms with Gasteiger partial charge in [-0.1, -0.05) is 36.4 Å². The molecule has 0 radical (unpaired) electrons. The molecule has 7 N–H and O–H groups in total. The average Bonchev–Trinajstić information content (AvgIpc) is 2.98. The van der Waals surface area contributed by atoms with E-state index in [2.05, 4.69) is 0 Å². The highest BCUT2D eigenvalue weighted by molar-refractivity contribution is 5.87. The Balaban J connectivity index is 1.27. The number of hydrogen-bond donors (Lipinski definition) is 7. The number of benzene rings is 3. The van der Waals surface area contributed by atoms with Gasteiger partial charge in [0.05, 0.1) is 6.10 Å². The standard InChI is InChI=1S/C30H30O12/c31-19-8-7-16(10-21(19)33)29-22(34)13-18-20(32)11-17(12-23(18)41-29)40-30-28(38)27(37)26(36)24(42-30)14-39-25(35)9-6-15-4-2-1-3-5-15/h1-12,22,24,26-34,36-38H,13-14H2/b9-6+/t22-,24+,26+,27-,28+,29+,30-/m0/s1. The Morgan fingerprint density at radius 2 is 1.64 bits per heavy atom. The number of phenols is 3. The van der Waals surface area contributed by atoms with Crippen molar-refractivity contribution in [3.8, 4) is 28.7 Å². The highest BCUT2D eigenvalue weighted by Gasteiger charge is 2.45. The summed E-state index contributed by atoms with van der Waals surface area (Å²) < 4.78 is 22.4. The quantitative estimate of drug-likeness (QED) is 0.120. The lowest BCUT2D eigenvalue weighted by Gasteiger charge is -2.40. The Bertz CT molecular complexity index is 1440. The minimum atomic E-state index is -1.71. The van der Waals surface area contributed by atoms with E-state index in [0.29, 0.717) is 5.56 Å². The van der Waals surface area contributed by atoms with Gasteiger partial charge in [-0.15, -0.1) is 0 Å². The van der Waals surface area contributed by atoms with Crippen molar-refractivity contribution in [2.45, 2.75) is 49.3 Å². The Morgan fingerprint density at radius 1 is 0.881 bits per heavy atom. The number of rotatable bonds is 7. The number of phenolic OH excluding ortho intramolecular Hbond substituents is 3. The Hall–Kier alpha value is -4.33. The molecule has 3 aromatic rings. The predicted octanol–water partition coefficient (Wildman–Crippen LogP) is 1.28. The molecule has 2 heterocycles. The molecule has 1 saturated heterocycles. The van der Waals surface area contributed by atoms with Gasteiger partial charge in [-0.25, -0.2) is 4.79 Å². The molecule has 0 bridgehead atoms. The first kappa shape index (κ1) is 29.2. The largest absolute Gasteiger partial charge is 0.507 e. The van der Waals surface area contributed by atoms with E-state index in [1.807, 2.05) is 18.2 Å². The highest BCUT2D eigenvalue weighted by atomic mass is 16.7. The van der Waals surface area contributed by atoms with Crippen molar-refractivity contribution in [2.75, 3.05) is 6.61 Å². The molecule has 5 rings (SSSR count). The van der Waals surface area contributed by atoms with E-state index in [4.69, 9.17) is 18.9 Å². The Labute approximate surface area is 239 Å². The SMILES string of the molecule is O=C(/C=C/c1ccccc1)OC[C@H]1O[C@H](Oc2cc(O)c3c(c2)O[C@H](c2ccc(O)c(O)c2)[C@@H](O)C3)[C@H](O)[C@@H](O)[C@@H]1O. The van der Waals surface area contributed by atoms with Gasteiger partial charge in [-0.3, -0.25) is 0 Å². The molecule has 7 atom stereocenters. The second-order valence-corrected chi connectivity index (χ2v) is 9.98. The van der Waals surface area contributed by atoms with Crippen LogP contribution < -0.4 is 9.47 Å². The van der Waals surface area contributed by atoms with Crippen LogP contribution >= 0.6 is 0 Å². The Kier molecular flexibility index (Phi) is 8.52. The number of hydrogen-bond acceptors (Lipinski definition) is 12. The summed E-state index contributed by atoms with van der Waals surface area (Å²) in [5.41, 5.74) is 1.42. The molecule has 2 aliphatic rings. The Morgan fingerprint density at radius 3 is 2.38 bits per heavy atom. The van der Waals surface area contributed by atoms with Gasteiger partial charge in [0.1, 0.15) is 54.4 Å². The lowest BCUT2D eigenvalue weighted by Crippen LogP contribution is -2.60. The first-order valence-electron chi connectivity index (χ1n) is 13.1. The summed E-state index contributed by atoms with van der Waals surface area (Å²) in [6, 6.07) is 15.6. The molecule has 0 spiro atoms. The molecule has 0 amide bonds. The molecule has 0 saturated carbocycles. The topological polar surface area (TPSA) is 196 Å². The number of ether oxygens (including phenoxy) is 4. The molecular weight excluding hydrogens is 552 g/mol. The van der Waals surface area contributed by atoms with Crippen LogP contribution in [0.3, 0.4) is 0 Å². The zero-order valence-corrected chi connectivity index (χ0v) is 22.1. The van der Waals surface area contributed by atoms with E-state index < -0.39 is 61.2 Å². The van der Waals surface area contributed by atoms with Crippen molar-refractivity contribution in [3.63, 3.8) is 0 Å². The van der Waals surface area contributed by atoms with E-state index in [0.717, 1.165) is 5.56 Å². The molecule has 0 aliphatic carbocycles. The van der Waals surface area contributed by atoms with Crippen LogP contribution in [0.5, 0.6) is 28.7 Å².